The molecule has 0 aromatic heterocycles. The molecule has 0 aliphatic carbocycles. The third-order valence-corrected chi connectivity index (χ3v) is 5.86. The first-order chi connectivity index (χ1) is 14.2. The fraction of sp³-hybridized carbons (Fsp3) is 0.478. The first kappa shape index (κ1) is 22.8. The highest BCUT2D eigenvalue weighted by molar-refractivity contribution is 5.85. The fourth-order valence-corrected chi connectivity index (χ4v) is 4.23. The van der Waals surface area contributed by atoms with Gasteiger partial charge in [0.25, 0.3) is 0 Å². The van der Waals surface area contributed by atoms with Crippen LogP contribution in [0.5, 0.6) is 11.5 Å². The molecule has 2 heterocycles. The molecule has 2 fully saturated rings. The van der Waals surface area contributed by atoms with Crippen molar-refractivity contribution in [3.63, 3.8) is 0 Å². The van der Waals surface area contributed by atoms with E-state index in [0.717, 1.165) is 57.1 Å². The summed E-state index contributed by atoms with van der Waals surface area (Å²) in [6.45, 7) is 8.11. The molecule has 1 unspecified atom stereocenters. The highest BCUT2D eigenvalue weighted by Gasteiger charge is 2.28. The quantitative estimate of drug-likeness (QED) is 0.722. The summed E-state index contributed by atoms with van der Waals surface area (Å²) >= 11 is 0. The lowest BCUT2D eigenvalue weighted by molar-refractivity contribution is 0.170. The summed E-state index contributed by atoms with van der Waals surface area (Å²) in [5, 5.41) is 3.43. The van der Waals surface area contributed by atoms with Crippen molar-refractivity contribution in [2.24, 2.45) is 0 Å². The number of hydrogen-bond acceptors (Lipinski definition) is 5. The van der Waals surface area contributed by atoms with E-state index in [-0.39, 0.29) is 18.2 Å². The number of benzene rings is 2. The Bertz CT molecular complexity index is 800. The molecule has 0 bridgehead atoms. The van der Waals surface area contributed by atoms with Crippen LogP contribution in [0.25, 0.3) is 0 Å². The number of nitrogens with one attached hydrogen (secondary N) is 1. The Morgan fingerprint density at radius 1 is 1.00 bits per heavy atom. The van der Waals surface area contributed by atoms with Gasteiger partial charge in [0.2, 0.25) is 0 Å². The molecule has 30 heavy (non-hydrogen) atoms. The van der Waals surface area contributed by atoms with E-state index in [2.05, 4.69) is 27.2 Å². The van der Waals surface area contributed by atoms with Crippen molar-refractivity contribution in [2.45, 2.75) is 25.6 Å². The molecule has 1 N–H and O–H groups in total. The maximum atomic E-state index is 13.0. The summed E-state index contributed by atoms with van der Waals surface area (Å²) in [6.07, 6.45) is 1.25. The van der Waals surface area contributed by atoms with Crippen molar-refractivity contribution in [1.29, 1.82) is 0 Å². The second-order valence-corrected chi connectivity index (χ2v) is 7.86. The van der Waals surface area contributed by atoms with Crippen molar-refractivity contribution in [1.82, 2.24) is 15.1 Å². The minimum Gasteiger partial charge on any atom is -0.493 e. The Morgan fingerprint density at radius 2 is 1.73 bits per heavy atom. The lowest BCUT2D eigenvalue weighted by Gasteiger charge is -2.32. The second-order valence-electron chi connectivity index (χ2n) is 7.86. The second kappa shape index (κ2) is 11.0. The molecule has 2 aromatic carbocycles. The van der Waals surface area contributed by atoms with Crippen molar-refractivity contribution in [2.75, 3.05) is 46.4 Å². The molecule has 0 spiro atoms. The van der Waals surface area contributed by atoms with Gasteiger partial charge in [0.05, 0.1) is 7.11 Å². The van der Waals surface area contributed by atoms with E-state index in [9.17, 15) is 4.39 Å². The van der Waals surface area contributed by atoms with E-state index in [1.165, 1.54) is 24.1 Å². The Labute approximate surface area is 184 Å². The zero-order chi connectivity index (χ0) is 20.1. The molecule has 4 rings (SSSR count). The zero-order valence-electron chi connectivity index (χ0n) is 17.5. The number of rotatable bonds is 7. The van der Waals surface area contributed by atoms with Gasteiger partial charge in [0.1, 0.15) is 12.4 Å². The highest BCUT2D eigenvalue weighted by atomic mass is 35.5. The van der Waals surface area contributed by atoms with Crippen molar-refractivity contribution in [3.8, 4) is 11.5 Å². The number of methoxy groups -OCH3 is 1. The van der Waals surface area contributed by atoms with Gasteiger partial charge in [0.15, 0.2) is 11.5 Å². The summed E-state index contributed by atoms with van der Waals surface area (Å²) in [5.74, 6) is 1.21. The predicted octanol–water partition coefficient (Wildman–Crippen LogP) is 3.31. The van der Waals surface area contributed by atoms with Crippen LogP contribution in [-0.4, -0.2) is 62.2 Å². The minimum atomic E-state index is -0.239. The average Bonchev–Trinajstić information content (AvgIpc) is 3.23. The molecule has 5 nitrogen and oxygen atoms in total. The third kappa shape index (κ3) is 5.85. The maximum absolute atomic E-state index is 13.0. The molecule has 2 aromatic rings. The molecular weight excluding hydrogens is 405 g/mol. The fourth-order valence-electron chi connectivity index (χ4n) is 4.23. The Kier molecular flexibility index (Phi) is 8.33. The van der Waals surface area contributed by atoms with Gasteiger partial charge in [-0.2, -0.15) is 0 Å². The van der Waals surface area contributed by atoms with Crippen LogP contribution in [-0.2, 0) is 13.2 Å². The third-order valence-electron chi connectivity index (χ3n) is 5.86. The first-order valence-corrected chi connectivity index (χ1v) is 10.4. The molecular formula is C23H31ClFN3O2. The Hall–Kier alpha value is -1.86. The number of ether oxygens (including phenoxy) is 2. The minimum absolute atomic E-state index is 0. The van der Waals surface area contributed by atoms with Gasteiger partial charge >= 0.3 is 0 Å². The van der Waals surface area contributed by atoms with Gasteiger partial charge in [-0.25, -0.2) is 4.39 Å². The van der Waals surface area contributed by atoms with Crippen LogP contribution in [0.2, 0.25) is 0 Å². The molecule has 2 saturated heterocycles. The lowest BCUT2D eigenvalue weighted by Crippen LogP contribution is -2.49. The van der Waals surface area contributed by atoms with Crippen LogP contribution < -0.4 is 14.8 Å². The van der Waals surface area contributed by atoms with Gasteiger partial charge in [-0.3, -0.25) is 9.80 Å². The molecule has 164 valence electrons. The average molecular weight is 436 g/mol. The van der Waals surface area contributed by atoms with Crippen molar-refractivity contribution < 1.29 is 13.9 Å². The van der Waals surface area contributed by atoms with Crippen molar-refractivity contribution in [3.05, 3.63) is 59.4 Å². The smallest absolute Gasteiger partial charge is 0.161 e. The van der Waals surface area contributed by atoms with Crippen LogP contribution in [0, 0.1) is 5.82 Å². The van der Waals surface area contributed by atoms with Crippen LogP contribution >= 0.6 is 12.4 Å². The molecule has 0 amide bonds. The summed E-state index contributed by atoms with van der Waals surface area (Å²) in [4.78, 5) is 5.16. The van der Waals surface area contributed by atoms with Gasteiger partial charge in [-0.1, -0.05) is 18.2 Å². The number of nitrogens with zero attached hydrogens (tertiary/aromatic N) is 2. The molecule has 2 aliphatic rings. The number of hydrogen-bond donors (Lipinski definition) is 1. The topological polar surface area (TPSA) is 37.0 Å². The van der Waals surface area contributed by atoms with E-state index in [4.69, 9.17) is 9.47 Å². The summed E-state index contributed by atoms with van der Waals surface area (Å²) in [5.41, 5.74) is 2.16. The highest BCUT2D eigenvalue weighted by Crippen LogP contribution is 2.30. The van der Waals surface area contributed by atoms with Crippen LogP contribution in [0.3, 0.4) is 0 Å². The van der Waals surface area contributed by atoms with Crippen molar-refractivity contribution >= 4 is 12.4 Å². The van der Waals surface area contributed by atoms with E-state index >= 15 is 0 Å². The van der Waals surface area contributed by atoms with Crippen LogP contribution in [0.4, 0.5) is 4.39 Å². The molecule has 2 aliphatic heterocycles. The molecule has 0 saturated carbocycles. The van der Waals surface area contributed by atoms with Gasteiger partial charge < -0.3 is 14.8 Å². The lowest BCUT2D eigenvalue weighted by atomic mass is 10.2. The summed E-state index contributed by atoms with van der Waals surface area (Å²) < 4.78 is 24.5. The SMILES string of the molecule is COc1cc(CN2CCC(N3CCNCC3)C2)ccc1OCc1ccc(F)cc1.Cl. The number of halogens is 2. The van der Waals surface area contributed by atoms with E-state index in [1.807, 2.05) is 6.07 Å². The zero-order valence-corrected chi connectivity index (χ0v) is 18.3. The Balaban J connectivity index is 0.00000256. The Morgan fingerprint density at radius 3 is 2.47 bits per heavy atom. The van der Waals surface area contributed by atoms with Crippen LogP contribution in [0.1, 0.15) is 17.5 Å². The standard InChI is InChI=1S/C23H30FN3O2.ClH/c1-28-23-14-19(4-7-22(23)29-17-18-2-5-20(24)6-3-18)15-26-11-8-21(16-26)27-12-9-25-10-13-27;/h2-7,14,21,25H,8-13,15-17H2,1H3;1H. The predicted molar refractivity (Wildman–Crippen MR) is 119 cm³/mol. The summed E-state index contributed by atoms with van der Waals surface area (Å²) in [7, 11) is 1.67. The van der Waals surface area contributed by atoms with Gasteiger partial charge in [0, 0.05) is 51.9 Å². The molecule has 7 heteroatoms. The number of likely N-dealkylation sites (tertiary alicyclic amines) is 1. The normalized spacial score (nSPS) is 20.0. The first-order valence-electron chi connectivity index (χ1n) is 10.4. The largest absolute Gasteiger partial charge is 0.493 e. The van der Waals surface area contributed by atoms with Crippen LogP contribution in [0.15, 0.2) is 42.5 Å². The van der Waals surface area contributed by atoms with Gasteiger partial charge in [-0.15, -0.1) is 12.4 Å². The van der Waals surface area contributed by atoms with E-state index in [1.54, 1.807) is 19.2 Å². The molecule has 0 radical (unpaired) electrons. The maximum Gasteiger partial charge on any atom is 0.161 e. The van der Waals surface area contributed by atoms with E-state index in [0.29, 0.717) is 18.4 Å². The number of piperazine rings is 1. The van der Waals surface area contributed by atoms with E-state index < -0.39 is 0 Å². The molecule has 1 atom stereocenters. The monoisotopic (exact) mass is 435 g/mol. The summed E-state index contributed by atoms with van der Waals surface area (Å²) in [6, 6.07) is 13.2. The van der Waals surface area contributed by atoms with Gasteiger partial charge in [-0.05, 0) is 41.8 Å².